The number of carbonyl (C=O) groups excluding carboxylic acids is 1. The molecule has 0 aromatic carbocycles. The molecular weight excluding hydrogens is 316 g/mol. The van der Waals surface area contributed by atoms with Gasteiger partial charge in [0.15, 0.2) is 6.29 Å². The molecule has 0 spiro atoms. The molecular formula is C15H16N4OS2. The van der Waals surface area contributed by atoms with Gasteiger partial charge < -0.3 is 5.32 Å². The fourth-order valence-corrected chi connectivity index (χ4v) is 3.39. The Morgan fingerprint density at radius 1 is 1.50 bits per heavy atom. The summed E-state index contributed by atoms with van der Waals surface area (Å²) in [6, 6.07) is 3.50. The van der Waals surface area contributed by atoms with Gasteiger partial charge >= 0.3 is 0 Å². The maximum absolute atomic E-state index is 10.6. The molecule has 2 aromatic rings. The lowest BCUT2D eigenvalue weighted by Gasteiger charge is -2.04. The molecule has 0 fully saturated rings. The van der Waals surface area contributed by atoms with Crippen molar-refractivity contribution in [1.29, 1.82) is 0 Å². The molecule has 7 heteroatoms. The van der Waals surface area contributed by atoms with Gasteiger partial charge in [0.1, 0.15) is 5.82 Å². The minimum atomic E-state index is 0.562. The molecule has 0 aliphatic rings. The second kappa shape index (κ2) is 7.86. The summed E-state index contributed by atoms with van der Waals surface area (Å²) in [6.45, 7) is 7.57. The number of hydrogen-bond acceptors (Lipinski definition) is 7. The third-order valence-electron chi connectivity index (χ3n) is 2.76. The number of nitrogens with zero attached hydrogens (tertiary/aromatic N) is 3. The fourth-order valence-electron chi connectivity index (χ4n) is 1.75. The Morgan fingerprint density at radius 2 is 2.32 bits per heavy atom. The Labute approximate surface area is 137 Å². The van der Waals surface area contributed by atoms with Crippen molar-refractivity contribution in [2.75, 3.05) is 11.2 Å². The Balaban J connectivity index is 1.93. The van der Waals surface area contributed by atoms with E-state index >= 15 is 0 Å². The fraction of sp³-hybridized carbons (Fsp3) is 0.200. The predicted molar refractivity (Wildman–Crippen MR) is 94.8 cm³/mol. The van der Waals surface area contributed by atoms with E-state index in [1.807, 2.05) is 19.3 Å². The number of nitrogens with one attached hydrogen (secondary N) is 1. The number of pyridine rings is 1. The largest absolute Gasteiger partial charge is 0.361 e. The number of hydrogen-bond donors (Lipinski definition) is 1. The lowest BCUT2D eigenvalue weighted by molar-refractivity contribution is 0.112. The standard InChI is InChI=1S/C15H16N4OS2/c1-10-15(22-11(2)19-10)13(16-3)8-21-9-18-14-5-4-12(7-20)6-17-14/h4-8H,3,9H2,1-2H3,(H,17,18)/b13-8-. The Morgan fingerprint density at radius 3 is 2.86 bits per heavy atom. The molecule has 0 radical (unpaired) electrons. The number of aryl methyl sites for hydroxylation is 2. The van der Waals surface area contributed by atoms with Crippen molar-refractivity contribution >= 4 is 47.6 Å². The highest BCUT2D eigenvalue weighted by molar-refractivity contribution is 8.02. The predicted octanol–water partition coefficient (Wildman–Crippen LogP) is 3.77. The molecule has 0 aliphatic carbocycles. The average molecular weight is 332 g/mol. The van der Waals surface area contributed by atoms with E-state index in [0.29, 0.717) is 11.4 Å². The smallest absolute Gasteiger partial charge is 0.151 e. The quantitative estimate of drug-likeness (QED) is 0.362. The summed E-state index contributed by atoms with van der Waals surface area (Å²) in [4.78, 5) is 24.2. The van der Waals surface area contributed by atoms with Crippen LogP contribution in [0.5, 0.6) is 0 Å². The summed E-state index contributed by atoms with van der Waals surface area (Å²) >= 11 is 3.18. The number of thioether (sulfide) groups is 1. The Bertz CT molecular complexity index is 692. The van der Waals surface area contributed by atoms with Gasteiger partial charge in [-0.15, -0.1) is 23.1 Å². The zero-order chi connectivity index (χ0) is 15.9. The maximum atomic E-state index is 10.6. The molecule has 5 nitrogen and oxygen atoms in total. The van der Waals surface area contributed by atoms with Crippen LogP contribution in [0.15, 0.2) is 28.7 Å². The number of carbonyl (C=O) groups is 1. The van der Waals surface area contributed by atoms with Crippen LogP contribution in [0.1, 0.15) is 25.9 Å². The van der Waals surface area contributed by atoms with Gasteiger partial charge in [-0.3, -0.25) is 9.79 Å². The molecule has 114 valence electrons. The highest BCUT2D eigenvalue weighted by atomic mass is 32.2. The van der Waals surface area contributed by atoms with Crippen molar-refractivity contribution in [3.05, 3.63) is 44.9 Å². The normalized spacial score (nSPS) is 11.3. The Hall–Kier alpha value is -1.99. The van der Waals surface area contributed by atoms with Crippen LogP contribution in [0.2, 0.25) is 0 Å². The van der Waals surface area contributed by atoms with E-state index in [4.69, 9.17) is 0 Å². The zero-order valence-corrected chi connectivity index (χ0v) is 14.0. The van der Waals surface area contributed by atoms with Crippen molar-refractivity contribution in [2.24, 2.45) is 4.99 Å². The minimum Gasteiger partial charge on any atom is -0.361 e. The van der Waals surface area contributed by atoms with E-state index in [0.717, 1.165) is 33.4 Å². The minimum absolute atomic E-state index is 0.562. The van der Waals surface area contributed by atoms with E-state index in [1.54, 1.807) is 35.2 Å². The monoisotopic (exact) mass is 332 g/mol. The number of aliphatic imine (C=N–C) groups is 1. The first-order valence-corrected chi connectivity index (χ1v) is 8.38. The topological polar surface area (TPSA) is 67.2 Å². The average Bonchev–Trinajstić information content (AvgIpc) is 2.86. The van der Waals surface area contributed by atoms with Gasteiger partial charge in [0.05, 0.1) is 27.2 Å². The van der Waals surface area contributed by atoms with Gasteiger partial charge in [-0.2, -0.15) is 0 Å². The van der Waals surface area contributed by atoms with Crippen molar-refractivity contribution in [3.63, 3.8) is 0 Å². The van der Waals surface area contributed by atoms with Crippen molar-refractivity contribution in [1.82, 2.24) is 9.97 Å². The zero-order valence-electron chi connectivity index (χ0n) is 12.4. The summed E-state index contributed by atoms with van der Waals surface area (Å²) in [5.74, 6) is 1.37. The Kier molecular flexibility index (Phi) is 5.85. The molecule has 0 amide bonds. The van der Waals surface area contributed by atoms with E-state index in [1.165, 1.54) is 6.20 Å². The molecule has 1 N–H and O–H groups in total. The van der Waals surface area contributed by atoms with E-state index < -0.39 is 0 Å². The van der Waals surface area contributed by atoms with Gasteiger partial charge in [-0.05, 0) is 38.1 Å². The van der Waals surface area contributed by atoms with Crippen molar-refractivity contribution < 1.29 is 4.79 Å². The molecule has 0 saturated heterocycles. The van der Waals surface area contributed by atoms with Gasteiger partial charge in [0.25, 0.3) is 0 Å². The lowest BCUT2D eigenvalue weighted by atomic mass is 10.3. The summed E-state index contributed by atoms with van der Waals surface area (Å²) < 4.78 is 0. The van der Waals surface area contributed by atoms with Crippen LogP contribution in [-0.2, 0) is 0 Å². The number of aromatic nitrogens is 2. The molecule has 0 saturated carbocycles. The molecule has 0 bridgehead atoms. The van der Waals surface area contributed by atoms with Crippen LogP contribution >= 0.6 is 23.1 Å². The van der Waals surface area contributed by atoms with Crippen LogP contribution in [0.4, 0.5) is 5.82 Å². The number of rotatable bonds is 7. The summed E-state index contributed by atoms with van der Waals surface area (Å²) in [7, 11) is 0. The first kappa shape index (κ1) is 16.4. The molecule has 2 aromatic heterocycles. The molecule has 22 heavy (non-hydrogen) atoms. The highest BCUT2D eigenvalue weighted by Crippen LogP contribution is 2.28. The van der Waals surface area contributed by atoms with Gasteiger partial charge in [0.2, 0.25) is 0 Å². The molecule has 2 rings (SSSR count). The summed E-state index contributed by atoms with van der Waals surface area (Å²) in [5, 5.41) is 6.14. The van der Waals surface area contributed by atoms with Crippen LogP contribution in [0.25, 0.3) is 5.70 Å². The van der Waals surface area contributed by atoms with E-state index in [-0.39, 0.29) is 0 Å². The van der Waals surface area contributed by atoms with Crippen LogP contribution in [-0.4, -0.2) is 28.8 Å². The summed E-state index contributed by atoms with van der Waals surface area (Å²) in [6.07, 6.45) is 2.31. The summed E-state index contributed by atoms with van der Waals surface area (Å²) in [5.41, 5.74) is 2.37. The second-order valence-corrected chi connectivity index (χ2v) is 6.45. The maximum Gasteiger partial charge on any atom is 0.151 e. The second-order valence-electron chi connectivity index (χ2n) is 4.39. The van der Waals surface area contributed by atoms with Crippen LogP contribution in [0, 0.1) is 13.8 Å². The number of thiazole rings is 1. The molecule has 0 atom stereocenters. The van der Waals surface area contributed by atoms with Crippen molar-refractivity contribution in [3.8, 4) is 0 Å². The van der Waals surface area contributed by atoms with Crippen molar-refractivity contribution in [2.45, 2.75) is 13.8 Å². The van der Waals surface area contributed by atoms with Gasteiger partial charge in [-0.1, -0.05) is 0 Å². The molecule has 0 aliphatic heterocycles. The first-order valence-electron chi connectivity index (χ1n) is 6.52. The number of aldehydes is 1. The van der Waals surface area contributed by atoms with Crippen LogP contribution < -0.4 is 5.32 Å². The lowest BCUT2D eigenvalue weighted by Crippen LogP contribution is -1.99. The highest BCUT2D eigenvalue weighted by Gasteiger charge is 2.08. The van der Waals surface area contributed by atoms with Gasteiger partial charge in [-0.25, -0.2) is 9.97 Å². The first-order chi connectivity index (χ1) is 10.6. The number of anilines is 1. The third-order valence-corrected chi connectivity index (χ3v) is 4.56. The van der Waals surface area contributed by atoms with E-state index in [9.17, 15) is 4.79 Å². The molecule has 0 unspecified atom stereocenters. The van der Waals surface area contributed by atoms with E-state index in [2.05, 4.69) is 27.0 Å². The van der Waals surface area contributed by atoms with Gasteiger partial charge in [0, 0.05) is 11.8 Å². The van der Waals surface area contributed by atoms with Crippen LogP contribution in [0.3, 0.4) is 0 Å². The third kappa shape index (κ3) is 4.25. The molecule has 2 heterocycles. The SMILES string of the molecule is C=N/C(=C\SCNc1ccc(C=O)cn1)c1sc(C)nc1C.